The standard InChI is InChI=1S/C15H17ClNS.HI/c1-17(10-12-4-2-3-5-14(12)16)8-6-15-13(11-17)7-9-18-15;/h2-5,7,9H,6,8,10-11H2,1H3;1H/q+1;/p-1/i1+1D3;. The van der Waals surface area contributed by atoms with E-state index in [-0.39, 0.29) is 28.5 Å². The molecule has 4 heteroatoms. The number of nitrogens with zero attached hydrogens (tertiary/aromatic N) is 1. The van der Waals surface area contributed by atoms with E-state index in [1.54, 1.807) is 11.3 Å². The van der Waals surface area contributed by atoms with Crippen molar-refractivity contribution in [3.8, 4) is 0 Å². The second kappa shape index (κ2) is 6.12. The maximum atomic E-state index is 8.05. The molecule has 1 aliphatic rings. The highest BCUT2D eigenvalue weighted by Gasteiger charge is 2.29. The first-order chi connectivity index (χ1) is 9.91. The zero-order chi connectivity index (χ0) is 15.1. The van der Waals surface area contributed by atoms with Gasteiger partial charge in [-0.3, -0.25) is 0 Å². The van der Waals surface area contributed by atoms with Crippen LogP contribution in [0.3, 0.4) is 0 Å². The molecule has 3 rings (SSSR count). The van der Waals surface area contributed by atoms with E-state index < -0.39 is 6.98 Å². The summed E-state index contributed by atoms with van der Waals surface area (Å²) in [6.07, 6.45) is 0.829. The van der Waals surface area contributed by atoms with Crippen molar-refractivity contribution >= 4 is 22.9 Å². The summed E-state index contributed by atoms with van der Waals surface area (Å²) in [5, 5.41) is 2.70. The van der Waals surface area contributed by atoms with E-state index in [1.165, 1.54) is 10.4 Å². The molecule has 102 valence electrons. The van der Waals surface area contributed by atoms with Crippen molar-refractivity contribution in [2.24, 2.45) is 0 Å². The molecular formula is C15H17ClINS. The molecule has 1 nitrogen and oxygen atoms in total. The summed E-state index contributed by atoms with van der Waals surface area (Å²) < 4.78 is 24.2. The lowest BCUT2D eigenvalue weighted by molar-refractivity contribution is -0.937. The molecule has 0 fully saturated rings. The van der Waals surface area contributed by atoms with E-state index in [0.29, 0.717) is 24.7 Å². The van der Waals surface area contributed by atoms with Crippen molar-refractivity contribution in [2.75, 3.05) is 13.5 Å². The second-order valence-corrected chi connectivity index (χ2v) is 6.30. The van der Waals surface area contributed by atoms with Crippen molar-refractivity contribution < 1.29 is 32.6 Å². The largest absolute Gasteiger partial charge is 1.00 e. The summed E-state index contributed by atoms with van der Waals surface area (Å²) >= 11 is 7.97. The number of rotatable bonds is 2. The zero-order valence-corrected chi connectivity index (χ0v) is 14.1. The summed E-state index contributed by atoms with van der Waals surface area (Å²) in [4.78, 5) is 1.33. The average molecular weight is 410 g/mol. The maximum Gasteiger partial charge on any atom is 0.106 e. The molecule has 1 aromatic carbocycles. The van der Waals surface area contributed by atoms with Crippen LogP contribution in [0.2, 0.25) is 5.02 Å². The lowest BCUT2D eigenvalue weighted by Crippen LogP contribution is -3.00. The number of benzene rings is 1. The summed E-state index contributed by atoms with van der Waals surface area (Å²) in [5.74, 6) is 0. The van der Waals surface area contributed by atoms with E-state index in [9.17, 15) is 0 Å². The summed E-state index contributed by atoms with van der Waals surface area (Å²) in [7, 11) is 0. The molecular weight excluding hydrogens is 390 g/mol. The van der Waals surface area contributed by atoms with Crippen LogP contribution in [0.25, 0.3) is 0 Å². The smallest absolute Gasteiger partial charge is 0.106 e. The Morgan fingerprint density at radius 3 is 3.00 bits per heavy atom. The van der Waals surface area contributed by atoms with Crippen LogP contribution >= 0.6 is 22.9 Å². The second-order valence-electron chi connectivity index (χ2n) is 4.90. The van der Waals surface area contributed by atoms with Gasteiger partial charge in [-0.25, -0.2) is 0 Å². The predicted molar refractivity (Wildman–Crippen MR) is 77.9 cm³/mol. The van der Waals surface area contributed by atoms with E-state index in [4.69, 9.17) is 15.7 Å². The monoisotopic (exact) mass is 409 g/mol. The van der Waals surface area contributed by atoms with Crippen LogP contribution in [0.4, 0.5) is 0 Å². The highest BCUT2D eigenvalue weighted by molar-refractivity contribution is 7.10. The van der Waals surface area contributed by atoms with Crippen LogP contribution in [0.5, 0.6) is 0 Å². The minimum atomic E-state index is -2.04. The van der Waals surface area contributed by atoms with Crippen molar-refractivity contribution in [1.82, 2.24) is 0 Å². The molecule has 0 bridgehead atoms. The molecule has 2 aromatic rings. The molecule has 0 radical (unpaired) electrons. The molecule has 1 aliphatic heterocycles. The Morgan fingerprint density at radius 2 is 2.21 bits per heavy atom. The molecule has 0 N–H and O–H groups in total. The normalized spacial score (nSPS) is 24.6. The van der Waals surface area contributed by atoms with Gasteiger partial charge in [0.05, 0.1) is 17.6 Å². The zero-order valence-electron chi connectivity index (χ0n) is 13.4. The third kappa shape index (κ3) is 3.32. The summed E-state index contributed by atoms with van der Waals surface area (Å²) in [6, 6.07) is 9.60. The van der Waals surface area contributed by atoms with Crippen LogP contribution < -0.4 is 24.0 Å². The topological polar surface area (TPSA) is 0 Å². The number of quaternary nitrogens is 1. The Kier molecular flexibility index (Phi) is 3.72. The van der Waals surface area contributed by atoms with E-state index >= 15 is 0 Å². The van der Waals surface area contributed by atoms with Crippen LogP contribution in [-0.4, -0.2) is 18.0 Å². The highest BCUT2D eigenvalue weighted by atomic mass is 127. The first kappa shape index (κ1) is 11.5. The van der Waals surface area contributed by atoms with E-state index in [2.05, 4.69) is 11.4 Å². The van der Waals surface area contributed by atoms with Gasteiger partial charge in [0, 0.05) is 27.4 Å². The molecule has 0 amide bonds. The summed E-state index contributed by atoms with van der Waals surface area (Å²) in [6.45, 7) is -0.403. The van der Waals surface area contributed by atoms with Gasteiger partial charge in [-0.2, -0.15) is 0 Å². The van der Waals surface area contributed by atoms with Crippen molar-refractivity contribution in [3.05, 3.63) is 56.7 Å². The molecule has 0 saturated carbocycles. The fraction of sp³-hybridized carbons (Fsp3) is 0.333. The molecule has 0 saturated heterocycles. The predicted octanol–water partition coefficient (Wildman–Crippen LogP) is 1.11. The fourth-order valence-electron chi connectivity index (χ4n) is 2.54. The van der Waals surface area contributed by atoms with Crippen LogP contribution in [0.15, 0.2) is 35.7 Å². The highest BCUT2D eigenvalue weighted by Crippen LogP contribution is 2.30. The molecule has 1 unspecified atom stereocenters. The lowest BCUT2D eigenvalue weighted by atomic mass is 10.1. The van der Waals surface area contributed by atoms with Gasteiger partial charge in [-0.15, -0.1) is 11.3 Å². The maximum absolute atomic E-state index is 8.05. The molecule has 1 atom stereocenters. The van der Waals surface area contributed by atoms with Gasteiger partial charge in [0.25, 0.3) is 0 Å². The average Bonchev–Trinajstić information content (AvgIpc) is 2.87. The Hall–Kier alpha value is -0.100. The fourth-order valence-corrected chi connectivity index (χ4v) is 3.62. The van der Waals surface area contributed by atoms with Gasteiger partial charge < -0.3 is 28.5 Å². The van der Waals surface area contributed by atoms with Crippen molar-refractivity contribution in [3.63, 3.8) is 0 Å². The minimum Gasteiger partial charge on any atom is -1.00 e. The van der Waals surface area contributed by atoms with Crippen LogP contribution in [-0.2, 0) is 19.5 Å². The van der Waals surface area contributed by atoms with Gasteiger partial charge in [-0.1, -0.05) is 29.8 Å². The number of hydrogen-bond donors (Lipinski definition) is 0. The summed E-state index contributed by atoms with van der Waals surface area (Å²) in [5.41, 5.74) is 2.09. The Bertz CT molecular complexity index is 658. The molecule has 2 heterocycles. The molecule has 19 heavy (non-hydrogen) atoms. The van der Waals surface area contributed by atoms with Crippen molar-refractivity contribution in [1.29, 1.82) is 0 Å². The van der Waals surface area contributed by atoms with Gasteiger partial charge >= 0.3 is 0 Å². The number of thiophene rings is 1. The number of fused-ring (bicyclic) bond motifs is 1. The quantitative estimate of drug-likeness (QED) is 0.396. The molecule has 0 spiro atoms. The Labute approximate surface area is 145 Å². The third-order valence-electron chi connectivity index (χ3n) is 3.51. The van der Waals surface area contributed by atoms with Crippen LogP contribution in [0.1, 0.15) is 20.1 Å². The Balaban J connectivity index is 0.00000176. The van der Waals surface area contributed by atoms with Crippen LogP contribution in [0, 0.1) is 0 Å². The number of likely N-dealkylation sites (N-methyl/N-ethyl adjacent to an activating group) is 1. The van der Waals surface area contributed by atoms with Gasteiger partial charge in [0.2, 0.25) is 0 Å². The van der Waals surface area contributed by atoms with Gasteiger partial charge in [-0.05, 0) is 17.5 Å². The number of halogens is 2. The number of hydrogen-bond acceptors (Lipinski definition) is 1. The third-order valence-corrected chi connectivity index (χ3v) is 4.90. The molecule has 1 aromatic heterocycles. The first-order valence-corrected chi connectivity index (χ1v) is 7.32. The van der Waals surface area contributed by atoms with Gasteiger partial charge in [0.15, 0.2) is 0 Å². The first-order valence-electron chi connectivity index (χ1n) is 7.56. The van der Waals surface area contributed by atoms with Gasteiger partial charge in [0.1, 0.15) is 13.1 Å². The van der Waals surface area contributed by atoms with E-state index in [0.717, 1.165) is 12.0 Å². The van der Waals surface area contributed by atoms with E-state index in [1.807, 2.05) is 24.3 Å². The lowest BCUT2D eigenvalue weighted by Gasteiger charge is -2.38. The molecule has 0 aliphatic carbocycles. The Morgan fingerprint density at radius 1 is 1.37 bits per heavy atom. The SMILES string of the molecule is [2H][13C]([2H])([2H])[N+]1(Cc2ccccc2Cl)CCc2sccc2C1.[I-]. The minimum absolute atomic E-state index is 0. The van der Waals surface area contributed by atoms with Crippen molar-refractivity contribution in [2.45, 2.75) is 19.5 Å².